The normalized spacial score (nSPS) is 21.6. The van der Waals surface area contributed by atoms with Crippen molar-refractivity contribution in [3.63, 3.8) is 0 Å². The van der Waals surface area contributed by atoms with E-state index in [1.165, 1.54) is 0 Å². The Morgan fingerprint density at radius 1 is 1.17 bits per heavy atom. The van der Waals surface area contributed by atoms with Crippen molar-refractivity contribution >= 4 is 0 Å². The minimum absolute atomic E-state index is 0.107. The van der Waals surface area contributed by atoms with Gasteiger partial charge in [0.1, 0.15) is 11.6 Å². The van der Waals surface area contributed by atoms with E-state index in [2.05, 4.69) is 0 Å². The molecule has 0 spiro atoms. The van der Waals surface area contributed by atoms with Crippen LogP contribution in [0.2, 0.25) is 0 Å². The lowest BCUT2D eigenvalue weighted by Crippen LogP contribution is -2.46. The van der Waals surface area contributed by atoms with Gasteiger partial charge in [-0.15, -0.1) is 0 Å². The molecule has 24 heavy (non-hydrogen) atoms. The van der Waals surface area contributed by atoms with E-state index < -0.39 is 23.6 Å². The molecule has 0 aromatic heterocycles. The molecular formula is C18H18F2N2O2. The molecule has 1 aliphatic heterocycles. The van der Waals surface area contributed by atoms with Gasteiger partial charge in [0.25, 0.3) is 0 Å². The molecule has 4 nitrogen and oxygen atoms in total. The number of hydrogen-bond donors (Lipinski definition) is 0. The SMILES string of the molecule is O=[N+]([O-])[C@@H]1CN(Cc2ccccc2)CC[C@H]1c1cc(F)ccc1F. The molecule has 1 fully saturated rings. The quantitative estimate of drug-likeness (QED) is 0.635. The zero-order chi connectivity index (χ0) is 17.1. The second kappa shape index (κ2) is 7.05. The van der Waals surface area contributed by atoms with Crippen LogP contribution in [0.25, 0.3) is 0 Å². The average Bonchev–Trinajstić information content (AvgIpc) is 2.58. The van der Waals surface area contributed by atoms with E-state index in [0.29, 0.717) is 19.5 Å². The molecule has 1 heterocycles. The number of benzene rings is 2. The topological polar surface area (TPSA) is 46.4 Å². The van der Waals surface area contributed by atoms with Gasteiger partial charge in [-0.05, 0) is 36.7 Å². The molecular weight excluding hydrogens is 314 g/mol. The van der Waals surface area contributed by atoms with Crippen molar-refractivity contribution in [3.8, 4) is 0 Å². The molecule has 0 aliphatic carbocycles. The van der Waals surface area contributed by atoms with Crippen LogP contribution in [0.1, 0.15) is 23.5 Å². The smallest absolute Gasteiger partial charge is 0.232 e. The molecule has 0 amide bonds. The number of rotatable bonds is 4. The van der Waals surface area contributed by atoms with Gasteiger partial charge in [-0.1, -0.05) is 30.3 Å². The van der Waals surface area contributed by atoms with Gasteiger partial charge < -0.3 is 0 Å². The number of likely N-dealkylation sites (tertiary alicyclic amines) is 1. The molecule has 2 aromatic rings. The predicted octanol–water partition coefficient (Wildman–Crippen LogP) is 3.60. The fourth-order valence-corrected chi connectivity index (χ4v) is 3.36. The summed E-state index contributed by atoms with van der Waals surface area (Å²) < 4.78 is 27.5. The highest BCUT2D eigenvalue weighted by Crippen LogP contribution is 2.32. The van der Waals surface area contributed by atoms with E-state index in [9.17, 15) is 18.9 Å². The molecule has 1 saturated heterocycles. The minimum atomic E-state index is -0.946. The van der Waals surface area contributed by atoms with Gasteiger partial charge in [0.2, 0.25) is 6.04 Å². The maximum absolute atomic E-state index is 14.0. The van der Waals surface area contributed by atoms with Gasteiger partial charge in [-0.2, -0.15) is 0 Å². The van der Waals surface area contributed by atoms with Crippen LogP contribution >= 0.6 is 0 Å². The average molecular weight is 332 g/mol. The summed E-state index contributed by atoms with van der Waals surface area (Å²) in [5.74, 6) is -1.76. The Labute approximate surface area is 138 Å². The van der Waals surface area contributed by atoms with Gasteiger partial charge in [0.15, 0.2) is 0 Å². The summed E-state index contributed by atoms with van der Waals surface area (Å²) in [6.45, 7) is 1.45. The summed E-state index contributed by atoms with van der Waals surface area (Å²) in [7, 11) is 0. The number of nitro groups is 1. The second-order valence-electron chi connectivity index (χ2n) is 6.13. The number of piperidine rings is 1. The van der Waals surface area contributed by atoms with Crippen LogP contribution in [0.15, 0.2) is 48.5 Å². The molecule has 6 heteroatoms. The first-order valence-electron chi connectivity index (χ1n) is 7.89. The van der Waals surface area contributed by atoms with Crippen molar-refractivity contribution < 1.29 is 13.7 Å². The van der Waals surface area contributed by atoms with E-state index in [1.807, 2.05) is 35.2 Å². The van der Waals surface area contributed by atoms with Gasteiger partial charge in [0, 0.05) is 17.0 Å². The molecule has 2 aromatic carbocycles. The van der Waals surface area contributed by atoms with E-state index in [0.717, 1.165) is 23.8 Å². The van der Waals surface area contributed by atoms with Gasteiger partial charge in [-0.25, -0.2) is 8.78 Å². The van der Waals surface area contributed by atoms with Crippen LogP contribution in [0.5, 0.6) is 0 Å². The maximum atomic E-state index is 14.0. The van der Waals surface area contributed by atoms with E-state index in [1.54, 1.807) is 0 Å². The molecule has 0 bridgehead atoms. The lowest BCUT2D eigenvalue weighted by Gasteiger charge is -2.34. The Morgan fingerprint density at radius 2 is 1.92 bits per heavy atom. The van der Waals surface area contributed by atoms with Crippen LogP contribution in [0, 0.1) is 21.7 Å². The Kier molecular flexibility index (Phi) is 4.85. The molecule has 0 saturated carbocycles. The number of hydrogen-bond acceptors (Lipinski definition) is 3. The van der Waals surface area contributed by atoms with Gasteiger partial charge >= 0.3 is 0 Å². The van der Waals surface area contributed by atoms with E-state index in [4.69, 9.17) is 0 Å². The summed E-state index contributed by atoms with van der Waals surface area (Å²) >= 11 is 0. The van der Waals surface area contributed by atoms with E-state index >= 15 is 0 Å². The van der Waals surface area contributed by atoms with Crippen molar-refractivity contribution in [2.75, 3.05) is 13.1 Å². The molecule has 1 aliphatic rings. The van der Waals surface area contributed by atoms with Crippen LogP contribution in [0.3, 0.4) is 0 Å². The lowest BCUT2D eigenvalue weighted by atomic mass is 9.85. The third-order valence-corrected chi connectivity index (χ3v) is 4.54. The number of nitrogens with zero attached hydrogens (tertiary/aromatic N) is 2. The first kappa shape index (κ1) is 16.5. The van der Waals surface area contributed by atoms with Crippen molar-refractivity contribution in [2.45, 2.75) is 24.9 Å². The van der Waals surface area contributed by atoms with Crippen molar-refractivity contribution in [2.24, 2.45) is 0 Å². The third-order valence-electron chi connectivity index (χ3n) is 4.54. The van der Waals surface area contributed by atoms with Gasteiger partial charge in [0.05, 0.1) is 12.5 Å². The second-order valence-corrected chi connectivity index (χ2v) is 6.13. The predicted molar refractivity (Wildman–Crippen MR) is 86.2 cm³/mol. The van der Waals surface area contributed by atoms with Gasteiger partial charge in [-0.3, -0.25) is 15.0 Å². The monoisotopic (exact) mass is 332 g/mol. The van der Waals surface area contributed by atoms with E-state index in [-0.39, 0.29) is 17.0 Å². The van der Waals surface area contributed by atoms with Crippen molar-refractivity contribution in [1.29, 1.82) is 0 Å². The molecule has 0 unspecified atom stereocenters. The first-order valence-corrected chi connectivity index (χ1v) is 7.89. The third kappa shape index (κ3) is 3.59. The summed E-state index contributed by atoms with van der Waals surface area (Å²) in [4.78, 5) is 13.1. The van der Waals surface area contributed by atoms with Crippen LogP contribution in [0.4, 0.5) is 8.78 Å². The largest absolute Gasteiger partial charge is 0.292 e. The highest BCUT2D eigenvalue weighted by Gasteiger charge is 2.39. The highest BCUT2D eigenvalue weighted by atomic mass is 19.1. The maximum Gasteiger partial charge on any atom is 0.232 e. The molecule has 0 N–H and O–H groups in total. The Morgan fingerprint density at radius 3 is 2.62 bits per heavy atom. The highest BCUT2D eigenvalue weighted by molar-refractivity contribution is 5.25. The van der Waals surface area contributed by atoms with Crippen molar-refractivity contribution in [1.82, 2.24) is 4.90 Å². The summed E-state index contributed by atoms with van der Waals surface area (Å²) in [5.41, 5.74) is 1.19. The molecule has 3 rings (SSSR count). The standard InChI is InChI=1S/C18H18F2N2O2/c19-14-6-7-17(20)16(10-14)15-8-9-21(12-18(15)22(23)24)11-13-4-2-1-3-5-13/h1-7,10,15,18H,8-9,11-12H2/t15-,18+/m0/s1. The Hall–Kier alpha value is -2.34. The zero-order valence-electron chi connectivity index (χ0n) is 13.1. The fraction of sp³-hybridized carbons (Fsp3) is 0.333. The van der Waals surface area contributed by atoms with Crippen molar-refractivity contribution in [3.05, 3.63) is 81.4 Å². The lowest BCUT2D eigenvalue weighted by molar-refractivity contribution is -0.530. The Balaban J connectivity index is 1.79. The molecule has 0 radical (unpaired) electrons. The zero-order valence-corrected chi connectivity index (χ0v) is 13.1. The summed E-state index contributed by atoms with van der Waals surface area (Å²) in [6.07, 6.45) is 0.429. The van der Waals surface area contributed by atoms with Crippen LogP contribution in [-0.2, 0) is 6.54 Å². The van der Waals surface area contributed by atoms with Crippen LogP contribution < -0.4 is 0 Å². The summed E-state index contributed by atoms with van der Waals surface area (Å²) in [6, 6.07) is 11.9. The minimum Gasteiger partial charge on any atom is -0.292 e. The van der Waals surface area contributed by atoms with Crippen LogP contribution in [-0.4, -0.2) is 29.0 Å². The first-order chi connectivity index (χ1) is 11.5. The Bertz CT molecular complexity index is 724. The number of halogens is 2. The summed E-state index contributed by atoms with van der Waals surface area (Å²) in [5, 5.41) is 11.5. The molecule has 2 atom stereocenters. The fourth-order valence-electron chi connectivity index (χ4n) is 3.36. The molecule has 126 valence electrons.